The standard InChI is InChI=1S/C6H12N2O/c9-6-5-8-3-1-7-2-4-8/h5-7,9H,1-4H2. The fourth-order valence-corrected chi connectivity index (χ4v) is 0.925. The van der Waals surface area contributed by atoms with E-state index in [0.717, 1.165) is 32.4 Å². The first kappa shape index (κ1) is 6.42. The van der Waals surface area contributed by atoms with E-state index in [1.807, 2.05) is 0 Å². The summed E-state index contributed by atoms with van der Waals surface area (Å²) in [7, 11) is 0. The Kier molecular flexibility index (Phi) is 2.39. The van der Waals surface area contributed by atoms with Crippen LogP contribution in [0.25, 0.3) is 0 Å². The van der Waals surface area contributed by atoms with Gasteiger partial charge in [0.1, 0.15) is 0 Å². The molecule has 0 aromatic rings. The molecule has 9 heavy (non-hydrogen) atoms. The number of hydrogen-bond acceptors (Lipinski definition) is 3. The summed E-state index contributed by atoms with van der Waals surface area (Å²) in [6, 6.07) is 0. The molecular weight excluding hydrogens is 116 g/mol. The van der Waals surface area contributed by atoms with Crippen LogP contribution in [0.2, 0.25) is 0 Å². The smallest absolute Gasteiger partial charge is 0.0950 e. The van der Waals surface area contributed by atoms with Gasteiger partial charge in [-0.05, 0) is 0 Å². The molecule has 0 aromatic heterocycles. The summed E-state index contributed by atoms with van der Waals surface area (Å²) in [6.07, 6.45) is 2.80. The predicted molar refractivity (Wildman–Crippen MR) is 36.2 cm³/mol. The molecule has 3 nitrogen and oxygen atoms in total. The zero-order valence-electron chi connectivity index (χ0n) is 5.38. The molecule has 52 valence electrons. The van der Waals surface area contributed by atoms with E-state index in [0.29, 0.717) is 0 Å². The molecule has 1 aliphatic heterocycles. The summed E-state index contributed by atoms with van der Waals surface area (Å²) in [5.41, 5.74) is 0. The minimum absolute atomic E-state index is 0.997. The minimum Gasteiger partial charge on any atom is -0.514 e. The maximum atomic E-state index is 8.38. The Hall–Kier alpha value is -0.700. The maximum Gasteiger partial charge on any atom is 0.0950 e. The molecule has 1 heterocycles. The molecule has 1 rings (SSSR count). The third-order valence-electron chi connectivity index (χ3n) is 1.43. The van der Waals surface area contributed by atoms with Crippen LogP contribution in [0.15, 0.2) is 12.5 Å². The van der Waals surface area contributed by atoms with Crippen molar-refractivity contribution in [1.29, 1.82) is 0 Å². The number of hydrogen-bond donors (Lipinski definition) is 2. The fourth-order valence-electron chi connectivity index (χ4n) is 0.925. The Labute approximate surface area is 55.0 Å². The van der Waals surface area contributed by atoms with E-state index >= 15 is 0 Å². The van der Waals surface area contributed by atoms with Gasteiger partial charge in [0.2, 0.25) is 0 Å². The highest BCUT2D eigenvalue weighted by Gasteiger charge is 2.02. The summed E-state index contributed by atoms with van der Waals surface area (Å²) < 4.78 is 0. The van der Waals surface area contributed by atoms with E-state index in [1.165, 1.54) is 0 Å². The van der Waals surface area contributed by atoms with Gasteiger partial charge in [0.15, 0.2) is 0 Å². The zero-order chi connectivity index (χ0) is 6.53. The van der Waals surface area contributed by atoms with Gasteiger partial charge >= 0.3 is 0 Å². The fraction of sp³-hybridized carbons (Fsp3) is 0.667. The van der Waals surface area contributed by atoms with Crippen LogP contribution in [-0.4, -0.2) is 36.2 Å². The summed E-state index contributed by atoms with van der Waals surface area (Å²) in [5.74, 6) is 0. The first-order chi connectivity index (χ1) is 4.43. The molecule has 1 aliphatic rings. The monoisotopic (exact) mass is 128 g/mol. The van der Waals surface area contributed by atoms with Crippen molar-refractivity contribution in [2.24, 2.45) is 0 Å². The number of aliphatic hydroxyl groups excluding tert-OH is 1. The number of nitrogens with one attached hydrogen (secondary N) is 1. The first-order valence-corrected chi connectivity index (χ1v) is 3.19. The third kappa shape index (κ3) is 1.93. The predicted octanol–water partition coefficient (Wildman–Crippen LogP) is -0.0792. The van der Waals surface area contributed by atoms with E-state index in [-0.39, 0.29) is 0 Å². The van der Waals surface area contributed by atoms with Crippen molar-refractivity contribution in [1.82, 2.24) is 10.2 Å². The highest BCUT2D eigenvalue weighted by atomic mass is 16.2. The van der Waals surface area contributed by atoms with Gasteiger partial charge in [0.25, 0.3) is 0 Å². The SMILES string of the molecule is OC=CN1CCNCC1. The van der Waals surface area contributed by atoms with Crippen LogP contribution < -0.4 is 5.32 Å². The van der Waals surface area contributed by atoms with Crippen molar-refractivity contribution in [3.05, 3.63) is 12.5 Å². The first-order valence-electron chi connectivity index (χ1n) is 3.19. The van der Waals surface area contributed by atoms with E-state index in [1.54, 1.807) is 6.20 Å². The van der Waals surface area contributed by atoms with Gasteiger partial charge in [-0.2, -0.15) is 0 Å². The summed E-state index contributed by atoms with van der Waals surface area (Å²) in [6.45, 7) is 4.03. The summed E-state index contributed by atoms with van der Waals surface area (Å²) in [4.78, 5) is 2.08. The van der Waals surface area contributed by atoms with Gasteiger partial charge in [-0.3, -0.25) is 0 Å². The van der Waals surface area contributed by atoms with Crippen molar-refractivity contribution < 1.29 is 5.11 Å². The quantitative estimate of drug-likeness (QED) is 0.485. The Morgan fingerprint density at radius 3 is 2.56 bits per heavy atom. The largest absolute Gasteiger partial charge is 0.514 e. The van der Waals surface area contributed by atoms with Gasteiger partial charge in [-0.1, -0.05) is 0 Å². The lowest BCUT2D eigenvalue weighted by molar-refractivity contribution is 0.313. The second-order valence-corrected chi connectivity index (χ2v) is 2.08. The molecule has 0 radical (unpaired) electrons. The van der Waals surface area contributed by atoms with Gasteiger partial charge in [0, 0.05) is 32.4 Å². The number of piperazine rings is 1. The molecule has 0 saturated carbocycles. The van der Waals surface area contributed by atoms with Crippen LogP contribution in [0.3, 0.4) is 0 Å². The van der Waals surface area contributed by atoms with Crippen LogP contribution in [0.1, 0.15) is 0 Å². The van der Waals surface area contributed by atoms with Crippen molar-refractivity contribution in [2.75, 3.05) is 26.2 Å². The molecule has 0 aliphatic carbocycles. The zero-order valence-corrected chi connectivity index (χ0v) is 5.38. The molecule has 1 saturated heterocycles. The average molecular weight is 128 g/mol. The van der Waals surface area contributed by atoms with Gasteiger partial charge in [0.05, 0.1) is 6.26 Å². The van der Waals surface area contributed by atoms with Crippen molar-refractivity contribution in [3.8, 4) is 0 Å². The Morgan fingerprint density at radius 1 is 1.33 bits per heavy atom. The number of aliphatic hydroxyl groups is 1. The number of nitrogens with zero attached hydrogens (tertiary/aromatic N) is 1. The topological polar surface area (TPSA) is 35.5 Å². The van der Waals surface area contributed by atoms with E-state index in [2.05, 4.69) is 10.2 Å². The van der Waals surface area contributed by atoms with Crippen LogP contribution in [0, 0.1) is 0 Å². The van der Waals surface area contributed by atoms with Gasteiger partial charge < -0.3 is 15.3 Å². The summed E-state index contributed by atoms with van der Waals surface area (Å²) in [5, 5.41) is 11.6. The average Bonchev–Trinajstić information content (AvgIpc) is 1.91. The van der Waals surface area contributed by atoms with Crippen molar-refractivity contribution in [3.63, 3.8) is 0 Å². The highest BCUT2D eigenvalue weighted by Crippen LogP contribution is 1.90. The Morgan fingerprint density at radius 2 is 2.00 bits per heavy atom. The lowest BCUT2D eigenvalue weighted by Crippen LogP contribution is -2.40. The van der Waals surface area contributed by atoms with Crippen molar-refractivity contribution >= 4 is 0 Å². The van der Waals surface area contributed by atoms with Gasteiger partial charge in [-0.25, -0.2) is 0 Å². The number of rotatable bonds is 1. The normalized spacial score (nSPS) is 21.1. The minimum atomic E-state index is 0.997. The lowest BCUT2D eigenvalue weighted by atomic mass is 10.4. The second kappa shape index (κ2) is 3.35. The highest BCUT2D eigenvalue weighted by molar-refractivity contribution is 4.78. The Bertz CT molecular complexity index is 97.2. The van der Waals surface area contributed by atoms with Crippen LogP contribution in [0.4, 0.5) is 0 Å². The molecule has 0 amide bonds. The van der Waals surface area contributed by atoms with E-state index in [9.17, 15) is 0 Å². The maximum absolute atomic E-state index is 8.38. The molecule has 1 fully saturated rings. The van der Waals surface area contributed by atoms with E-state index in [4.69, 9.17) is 5.11 Å². The van der Waals surface area contributed by atoms with E-state index < -0.39 is 0 Å². The molecule has 0 unspecified atom stereocenters. The van der Waals surface area contributed by atoms with Crippen LogP contribution in [0.5, 0.6) is 0 Å². The molecular formula is C6H12N2O. The Balaban J connectivity index is 2.23. The molecule has 0 bridgehead atoms. The molecule has 2 N–H and O–H groups in total. The van der Waals surface area contributed by atoms with Crippen LogP contribution >= 0.6 is 0 Å². The van der Waals surface area contributed by atoms with Crippen molar-refractivity contribution in [2.45, 2.75) is 0 Å². The molecule has 0 aromatic carbocycles. The third-order valence-corrected chi connectivity index (χ3v) is 1.43. The summed E-state index contributed by atoms with van der Waals surface area (Å²) >= 11 is 0. The molecule has 3 heteroatoms. The molecule has 0 spiro atoms. The molecule has 0 atom stereocenters. The second-order valence-electron chi connectivity index (χ2n) is 2.08. The lowest BCUT2D eigenvalue weighted by Gasteiger charge is -2.24. The van der Waals surface area contributed by atoms with Crippen LogP contribution in [-0.2, 0) is 0 Å². The van der Waals surface area contributed by atoms with Gasteiger partial charge in [-0.15, -0.1) is 0 Å².